The average Bonchev–Trinajstić information content (AvgIpc) is 2.25. The van der Waals surface area contributed by atoms with Crippen molar-refractivity contribution in [3.8, 4) is 0 Å². The van der Waals surface area contributed by atoms with Crippen LogP contribution in [-0.4, -0.2) is 5.38 Å². The Morgan fingerprint density at radius 3 is 2.40 bits per heavy atom. The van der Waals surface area contributed by atoms with E-state index in [1.807, 2.05) is 36.4 Å². The first-order valence-electron chi connectivity index (χ1n) is 4.63. The monoisotopic (exact) mass is 258 g/mol. The quantitative estimate of drug-likeness (QED) is 0.637. The first kappa shape index (κ1) is 11.1. The van der Waals surface area contributed by atoms with Gasteiger partial charge in [-0.3, -0.25) is 0 Å². The summed E-state index contributed by atoms with van der Waals surface area (Å²) in [6.45, 7) is 0. The van der Waals surface area contributed by atoms with Gasteiger partial charge < -0.3 is 0 Å². The summed E-state index contributed by atoms with van der Waals surface area (Å²) < 4.78 is 0. The molecule has 0 radical (unpaired) electrons. The van der Waals surface area contributed by atoms with Gasteiger partial charge in [-0.2, -0.15) is 0 Å². The fraction of sp³-hybridized carbons (Fsp3) is 0.167. The minimum atomic E-state index is -0.0950. The zero-order valence-corrected chi connectivity index (χ0v) is 10.2. The maximum Gasteiger partial charge on any atom is 0.0641 e. The van der Waals surface area contributed by atoms with Gasteiger partial charge in [-0.05, 0) is 17.2 Å². The van der Waals surface area contributed by atoms with Gasteiger partial charge in [0.15, 0.2) is 0 Å². The lowest BCUT2D eigenvalue weighted by Crippen LogP contribution is -2.07. The Kier molecular flexibility index (Phi) is 3.40. The topological polar surface area (TPSA) is 0 Å². The van der Waals surface area contributed by atoms with Gasteiger partial charge in [-0.1, -0.05) is 53.5 Å². The van der Waals surface area contributed by atoms with E-state index in [1.54, 1.807) is 0 Å². The molecule has 1 aliphatic rings. The minimum absolute atomic E-state index is 0.0950. The highest BCUT2D eigenvalue weighted by Crippen LogP contribution is 2.36. The van der Waals surface area contributed by atoms with E-state index in [4.69, 9.17) is 34.8 Å². The molecule has 1 atom stereocenters. The molecule has 1 aliphatic carbocycles. The summed E-state index contributed by atoms with van der Waals surface area (Å²) in [5, 5.41) is 1.13. The largest absolute Gasteiger partial charge is 0.117 e. The summed E-state index contributed by atoms with van der Waals surface area (Å²) in [4.78, 5) is 0. The third-order valence-electron chi connectivity index (χ3n) is 2.34. The van der Waals surface area contributed by atoms with Crippen LogP contribution in [0.15, 0.2) is 46.5 Å². The van der Waals surface area contributed by atoms with Gasteiger partial charge >= 0.3 is 0 Å². The third kappa shape index (κ3) is 2.39. The summed E-state index contributed by atoms with van der Waals surface area (Å²) in [6, 6.07) is 9.97. The first-order chi connectivity index (χ1) is 7.18. The van der Waals surface area contributed by atoms with Crippen LogP contribution in [-0.2, 0) is 0 Å². The van der Waals surface area contributed by atoms with Crippen molar-refractivity contribution in [1.82, 2.24) is 0 Å². The van der Waals surface area contributed by atoms with Gasteiger partial charge in [0, 0.05) is 11.5 Å². The Morgan fingerprint density at radius 1 is 1.07 bits per heavy atom. The van der Waals surface area contributed by atoms with Gasteiger partial charge in [-0.25, -0.2) is 0 Å². The standard InChI is InChI=1S/C12H9Cl3/c13-10-7-12(15)11(14)6-9(10)8-4-2-1-3-5-8/h1-6,10H,7H2/t10-/m0/s1. The lowest BCUT2D eigenvalue weighted by Gasteiger charge is -2.19. The number of hydrogen-bond donors (Lipinski definition) is 0. The van der Waals surface area contributed by atoms with Crippen LogP contribution in [0.25, 0.3) is 5.57 Å². The van der Waals surface area contributed by atoms with Crippen molar-refractivity contribution < 1.29 is 0 Å². The second-order valence-electron chi connectivity index (χ2n) is 3.39. The van der Waals surface area contributed by atoms with Crippen LogP contribution in [0, 0.1) is 0 Å². The molecule has 0 amide bonds. The molecule has 0 saturated carbocycles. The van der Waals surface area contributed by atoms with E-state index in [-0.39, 0.29) is 5.38 Å². The number of rotatable bonds is 1. The molecule has 0 bridgehead atoms. The van der Waals surface area contributed by atoms with Crippen molar-refractivity contribution in [3.05, 3.63) is 52.0 Å². The number of halogens is 3. The van der Waals surface area contributed by atoms with Gasteiger partial charge in [0.2, 0.25) is 0 Å². The zero-order chi connectivity index (χ0) is 10.8. The van der Waals surface area contributed by atoms with Gasteiger partial charge in [0.05, 0.1) is 10.4 Å². The van der Waals surface area contributed by atoms with Gasteiger partial charge in [0.25, 0.3) is 0 Å². The molecule has 0 N–H and O–H groups in total. The van der Waals surface area contributed by atoms with E-state index in [0.717, 1.165) is 11.1 Å². The Balaban J connectivity index is 2.42. The molecule has 0 nitrogen and oxygen atoms in total. The molecule has 1 aromatic carbocycles. The molecule has 2 rings (SSSR count). The van der Waals surface area contributed by atoms with Crippen molar-refractivity contribution in [2.45, 2.75) is 11.8 Å². The molecule has 0 heterocycles. The summed E-state index contributed by atoms with van der Waals surface area (Å²) >= 11 is 18.2. The lowest BCUT2D eigenvalue weighted by atomic mass is 9.97. The molecule has 1 aromatic rings. The summed E-state index contributed by atoms with van der Waals surface area (Å²) in [5.41, 5.74) is 2.13. The Bertz CT molecular complexity index is 418. The van der Waals surface area contributed by atoms with Crippen LogP contribution in [0.2, 0.25) is 0 Å². The highest BCUT2D eigenvalue weighted by Gasteiger charge is 2.20. The molecule has 0 spiro atoms. The zero-order valence-electron chi connectivity index (χ0n) is 7.88. The molecule has 0 aromatic heterocycles. The lowest BCUT2D eigenvalue weighted by molar-refractivity contribution is 1.04. The van der Waals surface area contributed by atoms with Gasteiger partial charge in [-0.15, -0.1) is 11.6 Å². The molecule has 0 fully saturated rings. The van der Waals surface area contributed by atoms with Crippen molar-refractivity contribution >= 4 is 40.4 Å². The maximum atomic E-state index is 6.23. The van der Waals surface area contributed by atoms with E-state index in [1.165, 1.54) is 0 Å². The fourth-order valence-corrected chi connectivity index (χ4v) is 2.39. The SMILES string of the molecule is ClC1=C(Cl)C[C@H](Cl)C(c2ccccc2)=C1. The summed E-state index contributed by atoms with van der Waals surface area (Å²) in [7, 11) is 0. The Hall–Kier alpha value is -0.430. The fourth-order valence-electron chi connectivity index (χ4n) is 1.56. The Labute approximate surface area is 104 Å². The molecule has 0 aliphatic heterocycles. The molecular weight excluding hydrogens is 250 g/mol. The van der Waals surface area contributed by atoms with Crippen molar-refractivity contribution in [2.75, 3.05) is 0 Å². The summed E-state index contributed by atoms with van der Waals surface area (Å²) in [5.74, 6) is 0. The number of benzene rings is 1. The second-order valence-corrected chi connectivity index (χ2v) is 4.78. The molecular formula is C12H9Cl3. The molecule has 78 valence electrons. The molecule has 3 heteroatoms. The predicted octanol–water partition coefficient (Wildman–Crippen LogP) is 4.77. The first-order valence-corrected chi connectivity index (χ1v) is 5.83. The van der Waals surface area contributed by atoms with Crippen LogP contribution < -0.4 is 0 Å². The van der Waals surface area contributed by atoms with E-state index < -0.39 is 0 Å². The number of alkyl halides is 1. The van der Waals surface area contributed by atoms with Crippen LogP contribution in [0.3, 0.4) is 0 Å². The molecule has 0 unspecified atom stereocenters. The van der Waals surface area contributed by atoms with Crippen LogP contribution in [0.1, 0.15) is 12.0 Å². The van der Waals surface area contributed by atoms with Crippen LogP contribution in [0.5, 0.6) is 0 Å². The second kappa shape index (κ2) is 4.61. The average molecular weight is 260 g/mol. The van der Waals surface area contributed by atoms with E-state index >= 15 is 0 Å². The van der Waals surface area contributed by atoms with E-state index in [0.29, 0.717) is 16.5 Å². The minimum Gasteiger partial charge on any atom is -0.117 e. The molecule has 15 heavy (non-hydrogen) atoms. The normalized spacial score (nSPS) is 21.5. The predicted molar refractivity (Wildman–Crippen MR) is 67.4 cm³/mol. The number of hydrogen-bond acceptors (Lipinski definition) is 0. The van der Waals surface area contributed by atoms with E-state index in [2.05, 4.69) is 0 Å². The van der Waals surface area contributed by atoms with E-state index in [9.17, 15) is 0 Å². The number of allylic oxidation sites excluding steroid dienone is 4. The third-order valence-corrected chi connectivity index (χ3v) is 3.53. The van der Waals surface area contributed by atoms with Gasteiger partial charge in [0.1, 0.15) is 0 Å². The smallest absolute Gasteiger partial charge is 0.0641 e. The van der Waals surface area contributed by atoms with Crippen LogP contribution in [0.4, 0.5) is 0 Å². The Morgan fingerprint density at radius 2 is 1.73 bits per heavy atom. The van der Waals surface area contributed by atoms with Crippen LogP contribution >= 0.6 is 34.8 Å². The maximum absolute atomic E-state index is 6.23. The van der Waals surface area contributed by atoms with Crippen molar-refractivity contribution in [1.29, 1.82) is 0 Å². The highest BCUT2D eigenvalue weighted by molar-refractivity contribution is 6.42. The summed E-state index contributed by atoms with van der Waals surface area (Å²) in [6.07, 6.45) is 2.45. The highest BCUT2D eigenvalue weighted by atomic mass is 35.5. The van der Waals surface area contributed by atoms with Crippen molar-refractivity contribution in [2.24, 2.45) is 0 Å². The molecule has 0 saturated heterocycles. The van der Waals surface area contributed by atoms with Crippen molar-refractivity contribution in [3.63, 3.8) is 0 Å².